The monoisotopic (exact) mass is 329 g/mol. The van der Waals surface area contributed by atoms with E-state index in [1.807, 2.05) is 6.07 Å². The van der Waals surface area contributed by atoms with Gasteiger partial charge in [-0.05, 0) is 23.9 Å². The number of pyridine rings is 1. The van der Waals surface area contributed by atoms with E-state index in [-0.39, 0.29) is 0 Å². The Bertz CT molecular complexity index is 841. The fourth-order valence-electron chi connectivity index (χ4n) is 2.95. The number of aryl methyl sites for hydroxylation is 1. The number of anilines is 2. The second-order valence-corrected chi connectivity index (χ2v) is 6.48. The van der Waals surface area contributed by atoms with Crippen molar-refractivity contribution in [1.29, 1.82) is 0 Å². The van der Waals surface area contributed by atoms with Gasteiger partial charge in [-0.2, -0.15) is 4.39 Å². The van der Waals surface area contributed by atoms with Crippen LogP contribution in [0.15, 0.2) is 30.0 Å². The zero-order chi connectivity index (χ0) is 15.8. The van der Waals surface area contributed by atoms with Gasteiger partial charge in [-0.15, -0.1) is 11.3 Å². The lowest BCUT2D eigenvalue weighted by molar-refractivity contribution is 0.580. The number of piperazine rings is 1. The van der Waals surface area contributed by atoms with Crippen LogP contribution in [0.4, 0.5) is 15.9 Å². The van der Waals surface area contributed by atoms with Crippen molar-refractivity contribution in [2.75, 3.05) is 36.0 Å². The van der Waals surface area contributed by atoms with Gasteiger partial charge in [0.1, 0.15) is 12.1 Å². The van der Waals surface area contributed by atoms with Crippen molar-refractivity contribution in [1.82, 2.24) is 15.0 Å². The van der Waals surface area contributed by atoms with Crippen LogP contribution in [0.25, 0.3) is 10.2 Å². The minimum Gasteiger partial charge on any atom is -0.368 e. The molecule has 0 bridgehead atoms. The van der Waals surface area contributed by atoms with Gasteiger partial charge in [0.25, 0.3) is 0 Å². The SMILES string of the molecule is Cc1csc2c(N3CCN(c4ccnc(F)c4)CC3)ncnc12. The van der Waals surface area contributed by atoms with Gasteiger partial charge in [-0.3, -0.25) is 0 Å². The molecule has 0 radical (unpaired) electrons. The van der Waals surface area contributed by atoms with Crippen molar-refractivity contribution in [3.8, 4) is 0 Å². The van der Waals surface area contributed by atoms with E-state index < -0.39 is 5.95 Å². The Labute approximate surface area is 137 Å². The molecule has 1 aliphatic rings. The molecule has 23 heavy (non-hydrogen) atoms. The van der Waals surface area contributed by atoms with Crippen LogP contribution in [0.5, 0.6) is 0 Å². The Kier molecular flexibility index (Phi) is 3.57. The van der Waals surface area contributed by atoms with Crippen LogP contribution in [0.3, 0.4) is 0 Å². The topological polar surface area (TPSA) is 45.2 Å². The summed E-state index contributed by atoms with van der Waals surface area (Å²) in [7, 11) is 0. The largest absolute Gasteiger partial charge is 0.368 e. The van der Waals surface area contributed by atoms with Crippen molar-refractivity contribution in [3.05, 3.63) is 41.5 Å². The molecule has 1 aliphatic heterocycles. The summed E-state index contributed by atoms with van der Waals surface area (Å²) in [6, 6.07) is 3.34. The smallest absolute Gasteiger partial charge is 0.214 e. The van der Waals surface area contributed by atoms with E-state index in [1.165, 1.54) is 17.8 Å². The van der Waals surface area contributed by atoms with Gasteiger partial charge in [0.15, 0.2) is 0 Å². The van der Waals surface area contributed by atoms with Crippen LogP contribution >= 0.6 is 11.3 Å². The number of halogens is 1. The molecule has 0 atom stereocenters. The maximum Gasteiger partial charge on any atom is 0.214 e. The quantitative estimate of drug-likeness (QED) is 0.677. The Hall–Kier alpha value is -2.28. The Morgan fingerprint density at radius 2 is 1.87 bits per heavy atom. The summed E-state index contributed by atoms with van der Waals surface area (Å²) >= 11 is 1.70. The lowest BCUT2D eigenvalue weighted by atomic mass is 10.2. The molecule has 5 nitrogen and oxygen atoms in total. The zero-order valence-corrected chi connectivity index (χ0v) is 13.6. The van der Waals surface area contributed by atoms with Gasteiger partial charge in [0, 0.05) is 44.1 Å². The molecule has 0 saturated carbocycles. The van der Waals surface area contributed by atoms with Gasteiger partial charge in [-0.25, -0.2) is 15.0 Å². The number of nitrogens with zero attached hydrogens (tertiary/aromatic N) is 5. The molecule has 3 aromatic rings. The van der Waals surface area contributed by atoms with E-state index in [1.54, 1.807) is 17.7 Å². The predicted octanol–water partition coefficient (Wildman–Crippen LogP) is 2.86. The van der Waals surface area contributed by atoms with Crippen molar-refractivity contribution in [2.24, 2.45) is 0 Å². The molecule has 3 aromatic heterocycles. The molecule has 0 N–H and O–H groups in total. The molecule has 1 fully saturated rings. The molecule has 0 aromatic carbocycles. The highest BCUT2D eigenvalue weighted by Gasteiger charge is 2.21. The number of fused-ring (bicyclic) bond motifs is 1. The van der Waals surface area contributed by atoms with Crippen LogP contribution in [0.2, 0.25) is 0 Å². The van der Waals surface area contributed by atoms with Crippen LogP contribution in [-0.2, 0) is 0 Å². The molecule has 0 aliphatic carbocycles. The molecule has 1 saturated heterocycles. The summed E-state index contributed by atoms with van der Waals surface area (Å²) in [4.78, 5) is 17.0. The minimum atomic E-state index is -0.434. The molecule has 0 amide bonds. The van der Waals surface area contributed by atoms with Gasteiger partial charge in [0.05, 0.1) is 10.2 Å². The third-order valence-corrected chi connectivity index (χ3v) is 5.25. The fourth-order valence-corrected chi connectivity index (χ4v) is 3.97. The fraction of sp³-hybridized carbons (Fsp3) is 0.312. The normalized spacial score (nSPS) is 15.4. The second kappa shape index (κ2) is 5.73. The highest BCUT2D eigenvalue weighted by atomic mass is 32.1. The zero-order valence-electron chi connectivity index (χ0n) is 12.7. The molecule has 4 heterocycles. The van der Waals surface area contributed by atoms with Gasteiger partial charge in [0.2, 0.25) is 5.95 Å². The summed E-state index contributed by atoms with van der Waals surface area (Å²) in [5.41, 5.74) is 3.12. The number of thiophene rings is 1. The summed E-state index contributed by atoms with van der Waals surface area (Å²) in [6.07, 6.45) is 3.15. The van der Waals surface area contributed by atoms with E-state index in [2.05, 4.69) is 37.1 Å². The standard InChI is InChI=1S/C16H16FN5S/c1-11-9-23-15-14(11)19-10-20-16(15)22-6-4-21(5-7-22)12-2-3-18-13(17)8-12/h2-3,8-10H,4-7H2,1H3. The van der Waals surface area contributed by atoms with Gasteiger partial charge < -0.3 is 9.80 Å². The molecule has 0 unspecified atom stereocenters. The van der Waals surface area contributed by atoms with Crippen molar-refractivity contribution < 1.29 is 4.39 Å². The van der Waals surface area contributed by atoms with E-state index in [0.717, 1.165) is 47.9 Å². The first-order chi connectivity index (χ1) is 11.2. The molecule has 118 valence electrons. The minimum absolute atomic E-state index is 0.434. The third kappa shape index (κ3) is 2.61. The van der Waals surface area contributed by atoms with Crippen molar-refractivity contribution in [3.63, 3.8) is 0 Å². The van der Waals surface area contributed by atoms with Crippen LogP contribution < -0.4 is 9.80 Å². The van der Waals surface area contributed by atoms with Crippen molar-refractivity contribution >= 4 is 33.1 Å². The van der Waals surface area contributed by atoms with Gasteiger partial charge >= 0.3 is 0 Å². The van der Waals surface area contributed by atoms with Crippen LogP contribution in [0.1, 0.15) is 5.56 Å². The average Bonchev–Trinajstić information content (AvgIpc) is 2.97. The molecule has 7 heteroatoms. The Balaban J connectivity index is 1.55. The van der Waals surface area contributed by atoms with Crippen LogP contribution in [0, 0.1) is 12.9 Å². The highest BCUT2D eigenvalue weighted by molar-refractivity contribution is 7.18. The Morgan fingerprint density at radius 1 is 1.09 bits per heavy atom. The third-order valence-electron chi connectivity index (χ3n) is 4.17. The summed E-state index contributed by atoms with van der Waals surface area (Å²) in [5.74, 6) is 0.574. The van der Waals surface area contributed by atoms with Crippen LogP contribution in [-0.4, -0.2) is 41.1 Å². The highest BCUT2D eigenvalue weighted by Crippen LogP contribution is 2.31. The molecule has 0 spiro atoms. The maximum atomic E-state index is 13.3. The van der Waals surface area contributed by atoms with E-state index in [0.29, 0.717) is 0 Å². The first-order valence-corrected chi connectivity index (χ1v) is 8.40. The lowest BCUT2D eigenvalue weighted by Gasteiger charge is -2.36. The molecule has 4 rings (SSSR count). The number of aromatic nitrogens is 3. The first-order valence-electron chi connectivity index (χ1n) is 7.52. The summed E-state index contributed by atoms with van der Waals surface area (Å²) in [6.45, 7) is 5.45. The van der Waals surface area contributed by atoms with E-state index in [4.69, 9.17) is 0 Å². The second-order valence-electron chi connectivity index (χ2n) is 5.60. The van der Waals surface area contributed by atoms with Gasteiger partial charge in [-0.1, -0.05) is 0 Å². The molecular weight excluding hydrogens is 313 g/mol. The van der Waals surface area contributed by atoms with E-state index in [9.17, 15) is 4.39 Å². The predicted molar refractivity (Wildman–Crippen MR) is 90.8 cm³/mol. The number of rotatable bonds is 2. The maximum absolute atomic E-state index is 13.3. The number of hydrogen-bond donors (Lipinski definition) is 0. The average molecular weight is 329 g/mol. The summed E-state index contributed by atoms with van der Waals surface area (Å²) < 4.78 is 14.4. The van der Waals surface area contributed by atoms with E-state index >= 15 is 0 Å². The molecular formula is C16H16FN5S. The Morgan fingerprint density at radius 3 is 2.65 bits per heavy atom. The lowest BCUT2D eigenvalue weighted by Crippen LogP contribution is -2.46. The van der Waals surface area contributed by atoms with Crippen molar-refractivity contribution in [2.45, 2.75) is 6.92 Å². The number of hydrogen-bond acceptors (Lipinski definition) is 6. The summed E-state index contributed by atoms with van der Waals surface area (Å²) in [5, 5.41) is 2.12. The first kappa shape index (κ1) is 14.3.